The molecule has 0 fully saturated rings. The van der Waals surface area contributed by atoms with Crippen LogP contribution < -0.4 is 5.32 Å². The molecule has 0 aromatic carbocycles. The maximum atomic E-state index is 4.28. The number of pyridine rings is 1. The number of hydrogen-bond acceptors (Lipinski definition) is 2. The molecule has 0 radical (unpaired) electrons. The van der Waals surface area contributed by atoms with Gasteiger partial charge < -0.3 is 5.32 Å². The molecule has 0 saturated heterocycles. The standard InChI is InChI=1S/C15H26N2/c1-11(2)7-16-9-13(4)14(5)15-6-12(3)8-17-10-15/h6,8,10-11,13-14,16H,7,9H2,1-5H3. The summed E-state index contributed by atoms with van der Waals surface area (Å²) < 4.78 is 0. The van der Waals surface area contributed by atoms with Gasteiger partial charge in [-0.1, -0.05) is 33.8 Å². The molecule has 2 heteroatoms. The van der Waals surface area contributed by atoms with Crippen LogP contribution in [-0.2, 0) is 0 Å². The van der Waals surface area contributed by atoms with Gasteiger partial charge in [0.2, 0.25) is 0 Å². The summed E-state index contributed by atoms with van der Waals surface area (Å²) in [5.41, 5.74) is 2.60. The first-order valence-electron chi connectivity index (χ1n) is 6.63. The first kappa shape index (κ1) is 14.2. The summed E-state index contributed by atoms with van der Waals surface area (Å²) in [6.45, 7) is 13.4. The van der Waals surface area contributed by atoms with Crippen molar-refractivity contribution in [2.45, 2.75) is 40.5 Å². The molecular weight excluding hydrogens is 208 g/mol. The quantitative estimate of drug-likeness (QED) is 0.816. The minimum absolute atomic E-state index is 0.557. The van der Waals surface area contributed by atoms with E-state index in [0.717, 1.165) is 19.0 Å². The Kier molecular flexibility index (Phi) is 5.63. The molecule has 1 N–H and O–H groups in total. The van der Waals surface area contributed by atoms with Gasteiger partial charge in [0.15, 0.2) is 0 Å². The second-order valence-electron chi connectivity index (χ2n) is 5.61. The third kappa shape index (κ3) is 4.86. The molecule has 1 aromatic heterocycles. The predicted octanol–water partition coefficient (Wildman–Crippen LogP) is 3.38. The first-order chi connectivity index (χ1) is 8.00. The molecule has 0 aliphatic heterocycles. The zero-order valence-corrected chi connectivity index (χ0v) is 11.8. The number of nitrogens with zero attached hydrogens (tertiary/aromatic N) is 1. The van der Waals surface area contributed by atoms with Crippen LogP contribution in [0.4, 0.5) is 0 Å². The molecule has 0 spiro atoms. The maximum Gasteiger partial charge on any atom is 0.0302 e. The Morgan fingerprint density at radius 1 is 1.12 bits per heavy atom. The van der Waals surface area contributed by atoms with Crippen LogP contribution >= 0.6 is 0 Å². The lowest BCUT2D eigenvalue weighted by Gasteiger charge is -2.21. The van der Waals surface area contributed by atoms with Gasteiger partial charge in [0.25, 0.3) is 0 Å². The summed E-state index contributed by atoms with van der Waals surface area (Å²) in [6.07, 6.45) is 3.91. The van der Waals surface area contributed by atoms with E-state index >= 15 is 0 Å². The summed E-state index contributed by atoms with van der Waals surface area (Å²) in [6, 6.07) is 2.25. The summed E-state index contributed by atoms with van der Waals surface area (Å²) in [4.78, 5) is 4.28. The Morgan fingerprint density at radius 2 is 1.82 bits per heavy atom. The van der Waals surface area contributed by atoms with Gasteiger partial charge in [-0.05, 0) is 48.9 Å². The third-order valence-electron chi connectivity index (χ3n) is 3.29. The van der Waals surface area contributed by atoms with Crippen LogP contribution in [0.25, 0.3) is 0 Å². The van der Waals surface area contributed by atoms with Crippen molar-refractivity contribution in [2.75, 3.05) is 13.1 Å². The number of aromatic nitrogens is 1. The van der Waals surface area contributed by atoms with Crippen molar-refractivity contribution < 1.29 is 0 Å². The molecule has 2 atom stereocenters. The Labute approximate surface area is 106 Å². The normalized spacial score (nSPS) is 14.9. The minimum atomic E-state index is 0.557. The average molecular weight is 234 g/mol. The van der Waals surface area contributed by atoms with E-state index in [-0.39, 0.29) is 0 Å². The second-order valence-corrected chi connectivity index (χ2v) is 5.61. The van der Waals surface area contributed by atoms with Crippen LogP contribution in [-0.4, -0.2) is 18.1 Å². The molecule has 0 amide bonds. The fraction of sp³-hybridized carbons (Fsp3) is 0.667. The Balaban J connectivity index is 2.48. The highest BCUT2D eigenvalue weighted by Crippen LogP contribution is 2.23. The van der Waals surface area contributed by atoms with E-state index in [9.17, 15) is 0 Å². The Bertz CT molecular complexity index is 333. The topological polar surface area (TPSA) is 24.9 Å². The lowest BCUT2D eigenvalue weighted by atomic mass is 9.89. The molecular formula is C15H26N2. The largest absolute Gasteiger partial charge is 0.316 e. The van der Waals surface area contributed by atoms with E-state index in [1.807, 2.05) is 12.4 Å². The molecule has 2 unspecified atom stereocenters. The highest BCUT2D eigenvalue weighted by molar-refractivity contribution is 5.20. The van der Waals surface area contributed by atoms with E-state index in [1.54, 1.807) is 0 Å². The Morgan fingerprint density at radius 3 is 2.41 bits per heavy atom. The van der Waals surface area contributed by atoms with E-state index in [2.05, 4.69) is 51.0 Å². The van der Waals surface area contributed by atoms with Crippen LogP contribution in [0.3, 0.4) is 0 Å². The van der Waals surface area contributed by atoms with Gasteiger partial charge in [0, 0.05) is 12.4 Å². The van der Waals surface area contributed by atoms with Gasteiger partial charge in [0.1, 0.15) is 0 Å². The molecule has 0 aliphatic carbocycles. The van der Waals surface area contributed by atoms with Crippen molar-refractivity contribution in [3.63, 3.8) is 0 Å². The summed E-state index contributed by atoms with van der Waals surface area (Å²) in [5, 5.41) is 3.53. The molecule has 0 saturated carbocycles. The van der Waals surface area contributed by atoms with Gasteiger partial charge in [-0.3, -0.25) is 4.98 Å². The number of hydrogen-bond donors (Lipinski definition) is 1. The zero-order chi connectivity index (χ0) is 12.8. The molecule has 1 aromatic rings. The van der Waals surface area contributed by atoms with Crippen LogP contribution in [0, 0.1) is 18.8 Å². The summed E-state index contributed by atoms with van der Waals surface area (Å²) in [5.74, 6) is 1.91. The monoisotopic (exact) mass is 234 g/mol. The van der Waals surface area contributed by atoms with Crippen LogP contribution in [0.2, 0.25) is 0 Å². The fourth-order valence-corrected chi connectivity index (χ4v) is 1.93. The maximum absolute atomic E-state index is 4.28. The molecule has 17 heavy (non-hydrogen) atoms. The van der Waals surface area contributed by atoms with E-state index in [1.165, 1.54) is 11.1 Å². The highest BCUT2D eigenvalue weighted by atomic mass is 14.9. The highest BCUT2D eigenvalue weighted by Gasteiger charge is 2.14. The number of nitrogens with one attached hydrogen (secondary N) is 1. The van der Waals surface area contributed by atoms with E-state index < -0.39 is 0 Å². The lowest BCUT2D eigenvalue weighted by Crippen LogP contribution is -2.27. The summed E-state index contributed by atoms with van der Waals surface area (Å²) >= 11 is 0. The number of aryl methyl sites for hydroxylation is 1. The smallest absolute Gasteiger partial charge is 0.0302 e. The molecule has 0 bridgehead atoms. The second kappa shape index (κ2) is 6.75. The van der Waals surface area contributed by atoms with Crippen molar-refractivity contribution in [1.82, 2.24) is 10.3 Å². The predicted molar refractivity (Wildman–Crippen MR) is 74.3 cm³/mol. The van der Waals surface area contributed by atoms with Gasteiger partial charge in [-0.2, -0.15) is 0 Å². The van der Waals surface area contributed by atoms with Crippen LogP contribution in [0.5, 0.6) is 0 Å². The lowest BCUT2D eigenvalue weighted by molar-refractivity contribution is 0.428. The van der Waals surface area contributed by atoms with E-state index in [4.69, 9.17) is 0 Å². The van der Waals surface area contributed by atoms with Crippen molar-refractivity contribution in [3.05, 3.63) is 29.6 Å². The van der Waals surface area contributed by atoms with Crippen molar-refractivity contribution in [2.24, 2.45) is 11.8 Å². The van der Waals surface area contributed by atoms with E-state index in [0.29, 0.717) is 11.8 Å². The van der Waals surface area contributed by atoms with Crippen molar-refractivity contribution >= 4 is 0 Å². The minimum Gasteiger partial charge on any atom is -0.316 e. The summed E-state index contributed by atoms with van der Waals surface area (Å²) in [7, 11) is 0. The SMILES string of the molecule is Cc1cncc(C(C)C(C)CNCC(C)C)c1. The van der Waals surface area contributed by atoms with Crippen LogP contribution in [0.15, 0.2) is 18.5 Å². The molecule has 1 heterocycles. The van der Waals surface area contributed by atoms with Gasteiger partial charge in [0.05, 0.1) is 0 Å². The third-order valence-corrected chi connectivity index (χ3v) is 3.29. The van der Waals surface area contributed by atoms with Crippen molar-refractivity contribution in [3.8, 4) is 0 Å². The molecule has 2 nitrogen and oxygen atoms in total. The van der Waals surface area contributed by atoms with Gasteiger partial charge >= 0.3 is 0 Å². The van der Waals surface area contributed by atoms with Gasteiger partial charge in [-0.25, -0.2) is 0 Å². The number of rotatable bonds is 6. The molecule has 96 valence electrons. The Hall–Kier alpha value is -0.890. The molecule has 1 rings (SSSR count). The van der Waals surface area contributed by atoms with Gasteiger partial charge in [-0.15, -0.1) is 0 Å². The van der Waals surface area contributed by atoms with Crippen molar-refractivity contribution in [1.29, 1.82) is 0 Å². The molecule has 0 aliphatic rings. The van der Waals surface area contributed by atoms with Crippen LogP contribution in [0.1, 0.15) is 44.7 Å². The first-order valence-corrected chi connectivity index (χ1v) is 6.63. The fourth-order valence-electron chi connectivity index (χ4n) is 1.93. The average Bonchev–Trinajstić information content (AvgIpc) is 2.27. The zero-order valence-electron chi connectivity index (χ0n) is 11.8.